The van der Waals surface area contributed by atoms with E-state index < -0.39 is 0 Å². The van der Waals surface area contributed by atoms with Gasteiger partial charge in [0.05, 0.1) is 7.11 Å². The average Bonchev–Trinajstić information content (AvgIpc) is 2.39. The summed E-state index contributed by atoms with van der Waals surface area (Å²) in [5, 5.41) is 0. The topological polar surface area (TPSA) is 35.2 Å². The maximum absolute atomic E-state index is 14.0. The number of hydrogen-bond donors (Lipinski definition) is 1. The van der Waals surface area contributed by atoms with Crippen molar-refractivity contribution in [3.05, 3.63) is 53.3 Å². The Morgan fingerprint density at radius 3 is 2.39 bits per heavy atom. The Hall–Kier alpha value is -1.87. The highest BCUT2D eigenvalue weighted by molar-refractivity contribution is 5.68. The van der Waals surface area contributed by atoms with Gasteiger partial charge in [-0.3, -0.25) is 0 Å². The van der Waals surface area contributed by atoms with Crippen LogP contribution in [0.5, 0.6) is 5.75 Å². The minimum atomic E-state index is -0.280. The molecule has 0 fully saturated rings. The first-order chi connectivity index (χ1) is 8.65. The van der Waals surface area contributed by atoms with Gasteiger partial charge in [0, 0.05) is 18.2 Å². The second-order valence-electron chi connectivity index (χ2n) is 4.20. The van der Waals surface area contributed by atoms with Gasteiger partial charge in [0.1, 0.15) is 11.6 Å². The lowest BCUT2D eigenvalue weighted by atomic mass is 9.98. The molecule has 0 radical (unpaired) electrons. The van der Waals surface area contributed by atoms with Gasteiger partial charge >= 0.3 is 0 Å². The first kappa shape index (κ1) is 12.6. The molecule has 0 saturated carbocycles. The number of hydrogen-bond acceptors (Lipinski definition) is 2. The van der Waals surface area contributed by atoms with Gasteiger partial charge in [-0.1, -0.05) is 18.2 Å². The van der Waals surface area contributed by atoms with Crippen LogP contribution in [0.4, 0.5) is 4.39 Å². The Morgan fingerprint density at radius 2 is 1.83 bits per heavy atom. The maximum Gasteiger partial charge on any atom is 0.134 e. The van der Waals surface area contributed by atoms with Crippen LogP contribution in [0, 0.1) is 12.7 Å². The van der Waals surface area contributed by atoms with Crippen LogP contribution >= 0.6 is 0 Å². The second kappa shape index (κ2) is 5.19. The van der Waals surface area contributed by atoms with E-state index in [4.69, 9.17) is 10.5 Å². The molecule has 0 aliphatic heterocycles. The molecule has 2 aromatic carbocycles. The van der Waals surface area contributed by atoms with E-state index in [0.29, 0.717) is 17.9 Å². The Morgan fingerprint density at radius 1 is 1.11 bits per heavy atom. The zero-order valence-electron chi connectivity index (χ0n) is 10.5. The number of rotatable bonds is 3. The largest absolute Gasteiger partial charge is 0.497 e. The van der Waals surface area contributed by atoms with Crippen LogP contribution in [-0.4, -0.2) is 7.11 Å². The fourth-order valence-electron chi connectivity index (χ4n) is 2.00. The molecule has 0 amide bonds. The van der Waals surface area contributed by atoms with Crippen molar-refractivity contribution in [2.75, 3.05) is 7.11 Å². The van der Waals surface area contributed by atoms with E-state index in [9.17, 15) is 4.39 Å². The first-order valence-corrected chi connectivity index (χ1v) is 5.79. The van der Waals surface area contributed by atoms with Gasteiger partial charge in [0.2, 0.25) is 0 Å². The lowest BCUT2D eigenvalue weighted by Crippen LogP contribution is -1.97. The van der Waals surface area contributed by atoms with E-state index in [-0.39, 0.29) is 5.82 Å². The average molecular weight is 245 g/mol. The van der Waals surface area contributed by atoms with Crippen molar-refractivity contribution in [3.63, 3.8) is 0 Å². The minimum Gasteiger partial charge on any atom is -0.497 e. The van der Waals surface area contributed by atoms with E-state index in [1.54, 1.807) is 12.1 Å². The molecule has 18 heavy (non-hydrogen) atoms. The summed E-state index contributed by atoms with van der Waals surface area (Å²) in [7, 11) is 1.52. The fraction of sp³-hybridized carbons (Fsp3) is 0.200. The molecule has 94 valence electrons. The third-order valence-electron chi connectivity index (χ3n) is 2.99. The molecule has 3 heteroatoms. The van der Waals surface area contributed by atoms with Crippen molar-refractivity contribution in [2.45, 2.75) is 13.5 Å². The van der Waals surface area contributed by atoms with Crippen molar-refractivity contribution in [1.29, 1.82) is 0 Å². The third kappa shape index (κ3) is 2.36. The molecule has 0 aliphatic rings. The van der Waals surface area contributed by atoms with Gasteiger partial charge in [-0.25, -0.2) is 4.39 Å². The highest BCUT2D eigenvalue weighted by atomic mass is 19.1. The van der Waals surface area contributed by atoms with Crippen LogP contribution < -0.4 is 10.5 Å². The Balaban J connectivity index is 2.48. The Bertz CT molecular complexity index is 515. The summed E-state index contributed by atoms with van der Waals surface area (Å²) in [6.07, 6.45) is 0. The highest BCUT2D eigenvalue weighted by Gasteiger charge is 2.09. The van der Waals surface area contributed by atoms with Crippen LogP contribution in [-0.2, 0) is 6.54 Å². The Labute approximate surface area is 106 Å². The molecule has 2 nitrogen and oxygen atoms in total. The molecule has 0 aromatic heterocycles. The van der Waals surface area contributed by atoms with Crippen LogP contribution in [0.1, 0.15) is 11.1 Å². The van der Waals surface area contributed by atoms with Crippen LogP contribution in [0.25, 0.3) is 11.1 Å². The van der Waals surface area contributed by atoms with Crippen molar-refractivity contribution in [2.24, 2.45) is 5.73 Å². The molecule has 0 atom stereocenters. The smallest absolute Gasteiger partial charge is 0.134 e. The predicted octanol–water partition coefficient (Wildman–Crippen LogP) is 3.27. The molecule has 0 spiro atoms. The van der Waals surface area contributed by atoms with Gasteiger partial charge < -0.3 is 10.5 Å². The van der Waals surface area contributed by atoms with Crippen molar-refractivity contribution in [3.8, 4) is 16.9 Å². The number of ether oxygens (including phenoxy) is 1. The zero-order chi connectivity index (χ0) is 13.1. The van der Waals surface area contributed by atoms with E-state index in [2.05, 4.69) is 0 Å². The van der Waals surface area contributed by atoms with Crippen LogP contribution in [0.2, 0.25) is 0 Å². The maximum atomic E-state index is 14.0. The monoisotopic (exact) mass is 245 g/mol. The normalized spacial score (nSPS) is 10.4. The molecule has 2 N–H and O–H groups in total. The van der Waals surface area contributed by atoms with Crippen LogP contribution in [0.15, 0.2) is 36.4 Å². The van der Waals surface area contributed by atoms with E-state index in [0.717, 1.165) is 16.7 Å². The molecule has 0 bridgehead atoms. The van der Waals surface area contributed by atoms with Gasteiger partial charge in [-0.2, -0.15) is 0 Å². The quantitative estimate of drug-likeness (QED) is 0.900. The summed E-state index contributed by atoms with van der Waals surface area (Å²) in [6, 6.07) is 10.7. The number of halogens is 1. The fourth-order valence-corrected chi connectivity index (χ4v) is 2.00. The molecule has 2 rings (SSSR count). The van der Waals surface area contributed by atoms with Gasteiger partial charge in [0.25, 0.3) is 0 Å². The molecular weight excluding hydrogens is 229 g/mol. The lowest BCUT2D eigenvalue weighted by Gasteiger charge is -2.10. The summed E-state index contributed by atoms with van der Waals surface area (Å²) in [4.78, 5) is 0. The van der Waals surface area contributed by atoms with Gasteiger partial charge in [-0.15, -0.1) is 0 Å². The van der Waals surface area contributed by atoms with Gasteiger partial charge in [0.15, 0.2) is 0 Å². The van der Waals surface area contributed by atoms with Crippen molar-refractivity contribution in [1.82, 2.24) is 0 Å². The van der Waals surface area contributed by atoms with E-state index in [1.165, 1.54) is 13.2 Å². The van der Waals surface area contributed by atoms with E-state index >= 15 is 0 Å². The SMILES string of the molecule is COc1ccc(-c2ccc(CN)cc2C)c(F)c1. The Kier molecular flexibility index (Phi) is 3.63. The second-order valence-corrected chi connectivity index (χ2v) is 4.20. The highest BCUT2D eigenvalue weighted by Crippen LogP contribution is 2.29. The summed E-state index contributed by atoms with van der Waals surface area (Å²) in [6.45, 7) is 2.45. The molecule has 2 aromatic rings. The molecule has 0 saturated heterocycles. The minimum absolute atomic E-state index is 0.280. The summed E-state index contributed by atoms with van der Waals surface area (Å²) < 4.78 is 19.0. The van der Waals surface area contributed by atoms with Gasteiger partial charge in [-0.05, 0) is 35.7 Å². The number of nitrogens with two attached hydrogens (primary N) is 1. The van der Waals surface area contributed by atoms with Crippen LogP contribution in [0.3, 0.4) is 0 Å². The predicted molar refractivity (Wildman–Crippen MR) is 71.0 cm³/mol. The zero-order valence-corrected chi connectivity index (χ0v) is 10.5. The molecule has 0 heterocycles. The summed E-state index contributed by atoms with van der Waals surface area (Å²) in [5.41, 5.74) is 9.11. The summed E-state index contributed by atoms with van der Waals surface area (Å²) >= 11 is 0. The number of methoxy groups -OCH3 is 1. The molecule has 0 aliphatic carbocycles. The third-order valence-corrected chi connectivity index (χ3v) is 2.99. The van der Waals surface area contributed by atoms with Crippen molar-refractivity contribution < 1.29 is 9.13 Å². The van der Waals surface area contributed by atoms with E-state index in [1.807, 2.05) is 25.1 Å². The standard InChI is InChI=1S/C15H16FNO/c1-10-7-11(9-17)3-5-13(10)14-6-4-12(18-2)8-15(14)16/h3-8H,9,17H2,1-2H3. The van der Waals surface area contributed by atoms with Crippen molar-refractivity contribution >= 4 is 0 Å². The molecule has 0 unspecified atom stereocenters. The number of benzene rings is 2. The first-order valence-electron chi connectivity index (χ1n) is 5.79. The lowest BCUT2D eigenvalue weighted by molar-refractivity contribution is 0.411. The summed E-state index contributed by atoms with van der Waals surface area (Å²) in [5.74, 6) is 0.241. The molecular formula is C15H16FNO. The number of aryl methyl sites for hydroxylation is 1.